The molecule has 5 heteroatoms. The summed E-state index contributed by atoms with van der Waals surface area (Å²) in [6.45, 7) is 4.81. The molecule has 16 heavy (non-hydrogen) atoms. The summed E-state index contributed by atoms with van der Waals surface area (Å²) in [5.41, 5.74) is 0. The van der Waals surface area contributed by atoms with E-state index in [0.717, 1.165) is 13.0 Å². The fourth-order valence-electron chi connectivity index (χ4n) is 3.26. The van der Waals surface area contributed by atoms with Gasteiger partial charge in [0.25, 0.3) is 0 Å². The first kappa shape index (κ1) is 11.9. The van der Waals surface area contributed by atoms with Gasteiger partial charge in [0.1, 0.15) is 6.04 Å². The van der Waals surface area contributed by atoms with E-state index in [9.17, 15) is 9.82 Å². The smallest absolute Gasteiger partial charge is 0.377 e. The summed E-state index contributed by atoms with van der Waals surface area (Å²) < 4.78 is 5.12. The average molecular weight is 225 g/mol. The summed E-state index contributed by atoms with van der Waals surface area (Å²) in [4.78, 5) is 13.8. The van der Waals surface area contributed by atoms with E-state index in [1.807, 2.05) is 11.7 Å². The lowest BCUT2D eigenvalue weighted by Crippen LogP contribution is -2.47. The van der Waals surface area contributed by atoms with Crippen molar-refractivity contribution in [3.63, 3.8) is 0 Å². The van der Waals surface area contributed by atoms with E-state index < -0.39 is 7.05 Å². The highest BCUT2D eigenvalue weighted by molar-refractivity contribution is 6.45. The molecule has 0 radical (unpaired) electrons. The van der Waals surface area contributed by atoms with Crippen LogP contribution in [0.4, 0.5) is 0 Å². The lowest BCUT2D eigenvalue weighted by molar-refractivity contribution is -0.148. The summed E-state index contributed by atoms with van der Waals surface area (Å²) in [6.07, 6.45) is 3.49. The number of carbonyl (C=O) groups is 1. The zero-order chi connectivity index (χ0) is 11.7. The normalized spacial score (nSPS) is 33.8. The van der Waals surface area contributed by atoms with Crippen LogP contribution in [-0.2, 0) is 9.53 Å². The van der Waals surface area contributed by atoms with E-state index >= 15 is 0 Å². The van der Waals surface area contributed by atoms with Gasteiger partial charge in [0.15, 0.2) is 0 Å². The van der Waals surface area contributed by atoms with E-state index in [1.165, 1.54) is 12.8 Å². The largest absolute Gasteiger partial charge is 0.465 e. The van der Waals surface area contributed by atoms with Crippen molar-refractivity contribution < 1.29 is 14.6 Å². The van der Waals surface area contributed by atoms with Gasteiger partial charge in [-0.2, -0.15) is 0 Å². The second kappa shape index (κ2) is 4.76. The Kier molecular flexibility index (Phi) is 3.55. The number of ether oxygens (including phenoxy) is 1. The molecule has 2 fully saturated rings. The minimum absolute atomic E-state index is 0.155. The van der Waals surface area contributed by atoms with Crippen molar-refractivity contribution in [2.24, 2.45) is 11.8 Å². The Hall–Kier alpha value is -0.545. The van der Waals surface area contributed by atoms with Gasteiger partial charge in [0.05, 0.1) is 6.61 Å². The third-order valence-electron chi connectivity index (χ3n) is 3.93. The first-order chi connectivity index (χ1) is 7.65. The van der Waals surface area contributed by atoms with Crippen LogP contribution in [0.2, 0.25) is 6.82 Å². The lowest BCUT2D eigenvalue weighted by Gasteiger charge is -2.26. The summed E-state index contributed by atoms with van der Waals surface area (Å²) in [7, 11) is -0.556. The summed E-state index contributed by atoms with van der Waals surface area (Å²) in [6, 6.07) is -0.215. The van der Waals surface area contributed by atoms with Crippen LogP contribution in [0.5, 0.6) is 0 Å². The lowest BCUT2D eigenvalue weighted by atomic mass is 9.83. The predicted octanol–water partition coefficient (Wildman–Crippen LogP) is 0.760. The predicted molar refractivity (Wildman–Crippen MR) is 61.8 cm³/mol. The molecule has 1 heterocycles. The molecule has 2 aliphatic rings. The molecule has 0 amide bonds. The SMILES string of the molecule is CCOC(=O)[C@@H]1[C@H]2CCC[C@H]2CN1B(C)O. The molecule has 1 saturated heterocycles. The molecular weight excluding hydrogens is 205 g/mol. The van der Waals surface area contributed by atoms with Crippen LogP contribution in [0, 0.1) is 11.8 Å². The number of hydrogen-bond acceptors (Lipinski definition) is 4. The van der Waals surface area contributed by atoms with Gasteiger partial charge in [0, 0.05) is 0 Å². The minimum Gasteiger partial charge on any atom is -0.465 e. The Morgan fingerprint density at radius 1 is 1.56 bits per heavy atom. The number of esters is 1. The van der Waals surface area contributed by atoms with Crippen molar-refractivity contribution >= 4 is 13.0 Å². The van der Waals surface area contributed by atoms with Gasteiger partial charge in [-0.05, 0) is 45.0 Å². The van der Waals surface area contributed by atoms with Crippen molar-refractivity contribution in [3.05, 3.63) is 0 Å². The van der Waals surface area contributed by atoms with Crippen LogP contribution >= 0.6 is 0 Å². The fourth-order valence-corrected chi connectivity index (χ4v) is 3.26. The first-order valence-electron chi connectivity index (χ1n) is 6.25. The molecule has 90 valence electrons. The molecule has 1 N–H and O–H groups in total. The van der Waals surface area contributed by atoms with Crippen LogP contribution in [0.1, 0.15) is 26.2 Å². The van der Waals surface area contributed by atoms with Crippen LogP contribution in [0.3, 0.4) is 0 Å². The highest BCUT2D eigenvalue weighted by Gasteiger charge is 2.49. The molecule has 0 unspecified atom stereocenters. The van der Waals surface area contributed by atoms with Crippen LogP contribution in [-0.4, -0.2) is 42.0 Å². The molecule has 0 aromatic carbocycles. The number of carbonyl (C=O) groups excluding carboxylic acids is 1. The van der Waals surface area contributed by atoms with Gasteiger partial charge in [-0.15, -0.1) is 0 Å². The van der Waals surface area contributed by atoms with E-state index in [0.29, 0.717) is 18.4 Å². The molecule has 0 bridgehead atoms. The first-order valence-corrected chi connectivity index (χ1v) is 6.25. The summed E-state index contributed by atoms with van der Waals surface area (Å²) in [5, 5.41) is 9.71. The molecule has 3 atom stereocenters. The van der Waals surface area contributed by atoms with Crippen LogP contribution in [0.25, 0.3) is 0 Å². The maximum atomic E-state index is 11.9. The molecule has 4 nitrogen and oxygen atoms in total. The maximum Gasteiger partial charge on any atom is 0.377 e. The van der Waals surface area contributed by atoms with E-state index in [1.54, 1.807) is 6.82 Å². The second-order valence-corrected chi connectivity index (χ2v) is 4.88. The van der Waals surface area contributed by atoms with Gasteiger partial charge < -0.3 is 14.6 Å². The van der Waals surface area contributed by atoms with Gasteiger partial charge in [-0.25, -0.2) is 0 Å². The average Bonchev–Trinajstić information content (AvgIpc) is 2.75. The number of rotatable bonds is 3. The highest BCUT2D eigenvalue weighted by Crippen LogP contribution is 2.42. The van der Waals surface area contributed by atoms with Crippen molar-refractivity contribution in [2.45, 2.75) is 39.1 Å². The number of hydrogen-bond donors (Lipinski definition) is 1. The van der Waals surface area contributed by atoms with E-state index in [2.05, 4.69) is 0 Å². The molecular formula is C11H20BNO3. The molecule has 0 aromatic rings. The fraction of sp³-hybridized carbons (Fsp3) is 0.909. The van der Waals surface area contributed by atoms with Crippen molar-refractivity contribution in [1.82, 2.24) is 4.81 Å². The monoisotopic (exact) mass is 225 g/mol. The highest BCUT2D eigenvalue weighted by atomic mass is 16.5. The Labute approximate surface area is 97.1 Å². The zero-order valence-corrected chi connectivity index (χ0v) is 10.1. The Bertz CT molecular complexity index is 272. The number of nitrogens with zero attached hydrogens (tertiary/aromatic N) is 1. The van der Waals surface area contributed by atoms with Gasteiger partial charge in [-0.1, -0.05) is 6.42 Å². The topological polar surface area (TPSA) is 49.8 Å². The molecule has 1 saturated carbocycles. The Morgan fingerprint density at radius 3 is 2.94 bits per heavy atom. The Balaban J connectivity index is 2.12. The third-order valence-corrected chi connectivity index (χ3v) is 3.93. The van der Waals surface area contributed by atoms with Gasteiger partial charge in [0.2, 0.25) is 0 Å². The summed E-state index contributed by atoms with van der Waals surface area (Å²) >= 11 is 0. The van der Waals surface area contributed by atoms with Gasteiger partial charge >= 0.3 is 13.0 Å². The standard InChI is InChI=1S/C11H20BNO3/c1-3-16-11(14)10-9-6-4-5-8(9)7-13(10)12(2)15/h8-10,15H,3-7H2,1-2H3/t8-,9-,10-/m0/s1. The molecule has 1 aliphatic heterocycles. The zero-order valence-electron chi connectivity index (χ0n) is 10.1. The minimum atomic E-state index is -0.556. The van der Waals surface area contributed by atoms with Crippen LogP contribution in [0.15, 0.2) is 0 Å². The van der Waals surface area contributed by atoms with Crippen LogP contribution < -0.4 is 0 Å². The quantitative estimate of drug-likeness (QED) is 0.569. The Morgan fingerprint density at radius 2 is 2.31 bits per heavy atom. The van der Waals surface area contributed by atoms with Crippen molar-refractivity contribution in [2.75, 3.05) is 13.2 Å². The maximum absolute atomic E-state index is 11.9. The molecule has 0 spiro atoms. The molecule has 2 rings (SSSR count). The molecule has 1 aliphatic carbocycles. The van der Waals surface area contributed by atoms with Crippen molar-refractivity contribution in [1.29, 1.82) is 0 Å². The van der Waals surface area contributed by atoms with Crippen molar-refractivity contribution in [3.8, 4) is 0 Å². The molecule has 0 aromatic heterocycles. The van der Waals surface area contributed by atoms with Gasteiger partial charge in [-0.3, -0.25) is 4.79 Å². The third kappa shape index (κ3) is 1.98. The number of fused-ring (bicyclic) bond motifs is 1. The van der Waals surface area contributed by atoms with E-state index in [4.69, 9.17) is 4.74 Å². The van der Waals surface area contributed by atoms with E-state index in [-0.39, 0.29) is 12.0 Å². The summed E-state index contributed by atoms with van der Waals surface area (Å²) in [5.74, 6) is 0.815. The second-order valence-electron chi connectivity index (χ2n) is 4.88.